The third kappa shape index (κ3) is 7.51. The molecule has 16 heavy (non-hydrogen) atoms. The van der Waals surface area contributed by atoms with Crippen molar-refractivity contribution in [1.29, 1.82) is 0 Å². The van der Waals surface area contributed by atoms with Crippen molar-refractivity contribution in [2.24, 2.45) is 0 Å². The van der Waals surface area contributed by atoms with E-state index in [0.29, 0.717) is 6.54 Å². The lowest BCUT2D eigenvalue weighted by molar-refractivity contribution is 0.236. The molecule has 0 spiro atoms. The topological polar surface area (TPSA) is 44.4 Å². The van der Waals surface area contributed by atoms with Crippen LogP contribution in [0.15, 0.2) is 0 Å². The van der Waals surface area contributed by atoms with Gasteiger partial charge in [-0.25, -0.2) is 4.79 Å². The summed E-state index contributed by atoms with van der Waals surface area (Å²) in [5, 5.41) is 5.66. The number of urea groups is 1. The van der Waals surface area contributed by atoms with E-state index in [2.05, 4.69) is 36.3 Å². The lowest BCUT2D eigenvalue weighted by Gasteiger charge is -2.19. The Hall–Kier alpha value is -0.770. The van der Waals surface area contributed by atoms with Gasteiger partial charge in [-0.05, 0) is 46.3 Å². The molecule has 1 unspecified atom stereocenters. The molecule has 1 atom stereocenters. The smallest absolute Gasteiger partial charge is 0.314 e. The molecule has 2 amide bonds. The maximum atomic E-state index is 11.2. The lowest BCUT2D eigenvalue weighted by atomic mass is 10.2. The molecule has 4 heteroatoms. The highest BCUT2D eigenvalue weighted by molar-refractivity contribution is 5.73. The van der Waals surface area contributed by atoms with Crippen LogP contribution in [0, 0.1) is 0 Å². The van der Waals surface area contributed by atoms with Crippen molar-refractivity contribution in [1.82, 2.24) is 15.5 Å². The van der Waals surface area contributed by atoms with Crippen LogP contribution in [0.25, 0.3) is 0 Å². The van der Waals surface area contributed by atoms with Crippen molar-refractivity contribution >= 4 is 6.03 Å². The maximum absolute atomic E-state index is 11.2. The SMILES string of the molecule is CCNC(=O)NC(C)CCCN(CC)CC. The Balaban J connectivity index is 3.56. The highest BCUT2D eigenvalue weighted by Crippen LogP contribution is 1.99. The van der Waals surface area contributed by atoms with Gasteiger partial charge < -0.3 is 15.5 Å². The lowest BCUT2D eigenvalue weighted by Crippen LogP contribution is -2.40. The zero-order valence-electron chi connectivity index (χ0n) is 11.2. The zero-order chi connectivity index (χ0) is 12.4. The average molecular weight is 229 g/mol. The van der Waals surface area contributed by atoms with Gasteiger partial charge in [-0.3, -0.25) is 0 Å². The van der Waals surface area contributed by atoms with E-state index in [9.17, 15) is 4.79 Å². The predicted octanol–water partition coefficient (Wildman–Crippen LogP) is 1.82. The average Bonchev–Trinajstić information content (AvgIpc) is 2.24. The Kier molecular flexibility index (Phi) is 9.00. The maximum Gasteiger partial charge on any atom is 0.314 e. The van der Waals surface area contributed by atoms with E-state index < -0.39 is 0 Å². The minimum Gasteiger partial charge on any atom is -0.338 e. The molecular weight excluding hydrogens is 202 g/mol. The van der Waals surface area contributed by atoms with Crippen LogP contribution < -0.4 is 10.6 Å². The van der Waals surface area contributed by atoms with Crippen molar-refractivity contribution < 1.29 is 4.79 Å². The molecule has 0 aliphatic carbocycles. The molecule has 0 rings (SSSR count). The number of amides is 2. The van der Waals surface area contributed by atoms with Crippen LogP contribution in [0.4, 0.5) is 4.79 Å². The number of nitrogens with one attached hydrogen (secondary N) is 2. The van der Waals surface area contributed by atoms with Gasteiger partial charge in [0.15, 0.2) is 0 Å². The fraction of sp³-hybridized carbons (Fsp3) is 0.917. The summed E-state index contributed by atoms with van der Waals surface area (Å²) in [6, 6.07) is 0.194. The van der Waals surface area contributed by atoms with Crippen LogP contribution in [0.3, 0.4) is 0 Å². The second kappa shape index (κ2) is 9.46. The number of carbonyl (C=O) groups is 1. The highest BCUT2D eigenvalue weighted by atomic mass is 16.2. The summed E-state index contributed by atoms with van der Waals surface area (Å²) >= 11 is 0. The van der Waals surface area contributed by atoms with Gasteiger partial charge in [-0.2, -0.15) is 0 Å². The summed E-state index contributed by atoms with van der Waals surface area (Å²) in [6.07, 6.45) is 2.17. The first-order valence-corrected chi connectivity index (χ1v) is 6.40. The fourth-order valence-corrected chi connectivity index (χ4v) is 1.67. The van der Waals surface area contributed by atoms with Gasteiger partial charge in [-0.15, -0.1) is 0 Å². The quantitative estimate of drug-likeness (QED) is 0.667. The molecule has 96 valence electrons. The Bertz CT molecular complexity index is 181. The minimum absolute atomic E-state index is 0.0576. The first kappa shape index (κ1) is 15.2. The summed E-state index contributed by atoms with van der Waals surface area (Å²) in [5.41, 5.74) is 0. The van der Waals surface area contributed by atoms with Crippen LogP contribution in [0.5, 0.6) is 0 Å². The number of nitrogens with zero attached hydrogens (tertiary/aromatic N) is 1. The van der Waals surface area contributed by atoms with Gasteiger partial charge in [0.05, 0.1) is 0 Å². The Morgan fingerprint density at radius 3 is 2.38 bits per heavy atom. The zero-order valence-corrected chi connectivity index (χ0v) is 11.2. The molecule has 0 aromatic rings. The molecular formula is C12H27N3O. The van der Waals surface area contributed by atoms with Gasteiger partial charge in [0, 0.05) is 12.6 Å². The van der Waals surface area contributed by atoms with Crippen molar-refractivity contribution in [3.8, 4) is 0 Å². The first-order valence-electron chi connectivity index (χ1n) is 6.40. The van der Waals surface area contributed by atoms with E-state index in [0.717, 1.165) is 32.5 Å². The van der Waals surface area contributed by atoms with E-state index in [1.54, 1.807) is 0 Å². The van der Waals surface area contributed by atoms with E-state index in [4.69, 9.17) is 0 Å². The van der Waals surface area contributed by atoms with Gasteiger partial charge in [0.25, 0.3) is 0 Å². The van der Waals surface area contributed by atoms with Crippen molar-refractivity contribution in [3.63, 3.8) is 0 Å². The van der Waals surface area contributed by atoms with Crippen LogP contribution in [-0.4, -0.2) is 43.2 Å². The molecule has 0 bridgehead atoms. The first-order chi connectivity index (χ1) is 7.63. The van der Waals surface area contributed by atoms with E-state index >= 15 is 0 Å². The second-order valence-corrected chi connectivity index (χ2v) is 4.07. The summed E-state index contributed by atoms with van der Waals surface area (Å²) in [6.45, 7) is 12.3. The Morgan fingerprint density at radius 2 is 1.88 bits per heavy atom. The summed E-state index contributed by atoms with van der Waals surface area (Å²) < 4.78 is 0. The molecule has 0 aliphatic rings. The largest absolute Gasteiger partial charge is 0.338 e. The number of carbonyl (C=O) groups excluding carboxylic acids is 1. The predicted molar refractivity (Wildman–Crippen MR) is 68.7 cm³/mol. The minimum atomic E-state index is -0.0576. The monoisotopic (exact) mass is 229 g/mol. The third-order valence-electron chi connectivity index (χ3n) is 2.72. The van der Waals surface area contributed by atoms with Crippen molar-refractivity contribution in [2.75, 3.05) is 26.2 Å². The van der Waals surface area contributed by atoms with Crippen LogP contribution >= 0.6 is 0 Å². The molecule has 0 aromatic heterocycles. The van der Waals surface area contributed by atoms with E-state index in [1.807, 2.05) is 6.92 Å². The van der Waals surface area contributed by atoms with E-state index in [1.165, 1.54) is 0 Å². The number of hydrogen-bond donors (Lipinski definition) is 2. The van der Waals surface area contributed by atoms with Gasteiger partial charge in [0.2, 0.25) is 0 Å². The van der Waals surface area contributed by atoms with Gasteiger partial charge in [0.1, 0.15) is 0 Å². The summed E-state index contributed by atoms with van der Waals surface area (Å²) in [7, 11) is 0. The van der Waals surface area contributed by atoms with Crippen molar-refractivity contribution in [2.45, 2.75) is 46.6 Å². The Labute approximate surface area is 99.8 Å². The molecule has 0 saturated heterocycles. The fourth-order valence-electron chi connectivity index (χ4n) is 1.67. The number of hydrogen-bond acceptors (Lipinski definition) is 2. The molecule has 4 nitrogen and oxygen atoms in total. The summed E-state index contributed by atoms with van der Waals surface area (Å²) in [5.74, 6) is 0. The standard InChI is InChI=1S/C12H27N3O/c1-5-13-12(16)14-11(4)9-8-10-15(6-2)7-3/h11H,5-10H2,1-4H3,(H2,13,14,16). The molecule has 0 heterocycles. The van der Waals surface area contributed by atoms with Gasteiger partial charge in [-0.1, -0.05) is 13.8 Å². The molecule has 2 N–H and O–H groups in total. The van der Waals surface area contributed by atoms with Crippen molar-refractivity contribution in [3.05, 3.63) is 0 Å². The Morgan fingerprint density at radius 1 is 1.25 bits per heavy atom. The van der Waals surface area contributed by atoms with Crippen LogP contribution in [-0.2, 0) is 0 Å². The molecule has 0 saturated carbocycles. The van der Waals surface area contributed by atoms with Crippen LogP contribution in [0.2, 0.25) is 0 Å². The third-order valence-corrected chi connectivity index (χ3v) is 2.72. The molecule has 0 aliphatic heterocycles. The summed E-state index contributed by atoms with van der Waals surface area (Å²) in [4.78, 5) is 13.6. The second-order valence-electron chi connectivity index (χ2n) is 4.07. The molecule has 0 radical (unpaired) electrons. The highest BCUT2D eigenvalue weighted by Gasteiger charge is 2.06. The van der Waals surface area contributed by atoms with Gasteiger partial charge >= 0.3 is 6.03 Å². The van der Waals surface area contributed by atoms with E-state index in [-0.39, 0.29) is 12.1 Å². The normalized spacial score (nSPS) is 12.6. The number of rotatable bonds is 8. The molecule has 0 fully saturated rings. The molecule has 0 aromatic carbocycles. The van der Waals surface area contributed by atoms with Crippen LogP contribution in [0.1, 0.15) is 40.5 Å².